The summed E-state index contributed by atoms with van der Waals surface area (Å²) in [4.78, 5) is 12.1. The maximum absolute atomic E-state index is 12.2. The summed E-state index contributed by atoms with van der Waals surface area (Å²) in [5, 5.41) is 0. The first-order valence-corrected chi connectivity index (χ1v) is 8.63. The van der Waals surface area contributed by atoms with Crippen LogP contribution in [0.2, 0.25) is 0 Å². The Morgan fingerprint density at radius 2 is 1.70 bits per heavy atom. The summed E-state index contributed by atoms with van der Waals surface area (Å²) in [5.41, 5.74) is 1.92. The monoisotopic (exact) mass is 333 g/mol. The Morgan fingerprint density at radius 1 is 1.04 bits per heavy atom. The third-order valence-electron chi connectivity index (χ3n) is 3.24. The lowest BCUT2D eigenvalue weighted by molar-refractivity contribution is -0.125. The lowest BCUT2D eigenvalue weighted by Gasteiger charge is -2.15. The van der Waals surface area contributed by atoms with Crippen LogP contribution in [-0.2, 0) is 14.8 Å². The first kappa shape index (κ1) is 17.0. The summed E-state index contributed by atoms with van der Waals surface area (Å²) in [5.74, 6) is -0.201. The van der Waals surface area contributed by atoms with Gasteiger partial charge in [0.05, 0.1) is 4.90 Å². The molecule has 0 aliphatic rings. The van der Waals surface area contributed by atoms with E-state index in [4.69, 9.17) is 4.74 Å². The van der Waals surface area contributed by atoms with Gasteiger partial charge in [-0.2, -0.15) is 0 Å². The predicted molar refractivity (Wildman–Crippen MR) is 87.8 cm³/mol. The molecule has 2 aromatic carbocycles. The summed E-state index contributed by atoms with van der Waals surface area (Å²) in [6, 6.07) is 13.5. The average Bonchev–Trinajstić information content (AvgIpc) is 2.47. The second kappa shape index (κ2) is 6.83. The van der Waals surface area contributed by atoms with Crippen LogP contribution in [-0.4, -0.2) is 20.4 Å². The van der Waals surface area contributed by atoms with E-state index in [1.807, 2.05) is 24.6 Å². The number of carbonyl (C=O) groups is 1. The number of ether oxygens (including phenoxy) is 1. The molecule has 0 radical (unpaired) electrons. The number of hydrogen-bond acceptors (Lipinski definition) is 4. The van der Waals surface area contributed by atoms with E-state index in [0.29, 0.717) is 5.75 Å². The molecule has 122 valence electrons. The smallest absolute Gasteiger partial charge is 0.274 e. The minimum absolute atomic E-state index is 0.0409. The summed E-state index contributed by atoms with van der Waals surface area (Å²) in [6.45, 7) is 5.26. The molecule has 2 rings (SSSR count). The molecule has 0 bridgehead atoms. The Kier molecular flexibility index (Phi) is 5.05. The minimum atomic E-state index is -3.90. The number of sulfonamides is 1. The lowest BCUT2D eigenvalue weighted by Crippen LogP contribution is -2.39. The molecule has 23 heavy (non-hydrogen) atoms. The second-order valence-electron chi connectivity index (χ2n) is 5.36. The average molecular weight is 333 g/mol. The highest BCUT2D eigenvalue weighted by Gasteiger charge is 2.22. The molecule has 1 atom stereocenters. The molecule has 1 unspecified atom stereocenters. The van der Waals surface area contributed by atoms with E-state index in [9.17, 15) is 13.2 Å². The van der Waals surface area contributed by atoms with Crippen LogP contribution in [0.4, 0.5) is 0 Å². The number of aryl methyl sites for hydroxylation is 2. The van der Waals surface area contributed by atoms with Gasteiger partial charge in [-0.25, -0.2) is 13.1 Å². The van der Waals surface area contributed by atoms with Crippen molar-refractivity contribution >= 4 is 15.9 Å². The Balaban J connectivity index is 2.06. The van der Waals surface area contributed by atoms with Gasteiger partial charge in [-0.3, -0.25) is 4.79 Å². The van der Waals surface area contributed by atoms with Gasteiger partial charge in [0.15, 0.2) is 6.10 Å². The topological polar surface area (TPSA) is 72.5 Å². The molecule has 6 heteroatoms. The molecule has 0 fully saturated rings. The van der Waals surface area contributed by atoms with Crippen molar-refractivity contribution in [1.82, 2.24) is 4.72 Å². The normalized spacial score (nSPS) is 12.5. The second-order valence-corrected chi connectivity index (χ2v) is 7.04. The Bertz CT molecular complexity index is 798. The fraction of sp³-hybridized carbons (Fsp3) is 0.235. The van der Waals surface area contributed by atoms with E-state index in [2.05, 4.69) is 0 Å². The van der Waals surface area contributed by atoms with Crippen molar-refractivity contribution in [3.05, 3.63) is 59.7 Å². The Morgan fingerprint density at radius 3 is 2.30 bits per heavy atom. The van der Waals surface area contributed by atoms with Crippen LogP contribution >= 0.6 is 0 Å². The molecule has 0 heterocycles. The van der Waals surface area contributed by atoms with Gasteiger partial charge in [-0.1, -0.05) is 29.8 Å². The molecule has 1 amide bonds. The molecule has 0 aromatic heterocycles. The van der Waals surface area contributed by atoms with E-state index in [0.717, 1.165) is 11.1 Å². The fourth-order valence-corrected chi connectivity index (χ4v) is 2.98. The molecule has 5 nitrogen and oxygen atoms in total. The zero-order valence-corrected chi connectivity index (χ0v) is 14.1. The zero-order chi connectivity index (χ0) is 17.0. The Hall–Kier alpha value is -2.34. The van der Waals surface area contributed by atoms with Crippen molar-refractivity contribution in [1.29, 1.82) is 0 Å². The number of hydrogen-bond donors (Lipinski definition) is 1. The first-order chi connectivity index (χ1) is 10.8. The molecule has 0 saturated carbocycles. The van der Waals surface area contributed by atoms with Gasteiger partial charge in [0.2, 0.25) is 0 Å². The summed E-state index contributed by atoms with van der Waals surface area (Å²) in [6.07, 6.45) is -0.933. The number of rotatable bonds is 5. The molecular formula is C17H19NO4S. The molecule has 2 aromatic rings. The van der Waals surface area contributed by atoms with Crippen molar-refractivity contribution in [2.75, 3.05) is 0 Å². The molecule has 0 aliphatic carbocycles. The molecule has 1 N–H and O–H groups in total. The minimum Gasteiger partial charge on any atom is -0.481 e. The van der Waals surface area contributed by atoms with Crippen LogP contribution in [0.15, 0.2) is 53.4 Å². The van der Waals surface area contributed by atoms with Gasteiger partial charge in [0.25, 0.3) is 15.9 Å². The van der Waals surface area contributed by atoms with Crippen molar-refractivity contribution < 1.29 is 17.9 Å². The maximum atomic E-state index is 12.2. The van der Waals surface area contributed by atoms with E-state index in [-0.39, 0.29) is 4.90 Å². The predicted octanol–water partition coefficient (Wildman–Crippen LogP) is 2.58. The van der Waals surface area contributed by atoms with Gasteiger partial charge < -0.3 is 4.74 Å². The van der Waals surface area contributed by atoms with Gasteiger partial charge >= 0.3 is 0 Å². The molecule has 0 spiro atoms. The summed E-state index contributed by atoms with van der Waals surface area (Å²) in [7, 11) is -3.90. The van der Waals surface area contributed by atoms with E-state index in [1.165, 1.54) is 19.1 Å². The number of amides is 1. The van der Waals surface area contributed by atoms with Crippen LogP contribution in [0.1, 0.15) is 18.1 Å². The largest absolute Gasteiger partial charge is 0.481 e. The first-order valence-electron chi connectivity index (χ1n) is 7.14. The summed E-state index contributed by atoms with van der Waals surface area (Å²) < 4.78 is 31.9. The maximum Gasteiger partial charge on any atom is 0.274 e. The van der Waals surface area contributed by atoms with Gasteiger partial charge in [0, 0.05) is 0 Å². The quantitative estimate of drug-likeness (QED) is 0.913. The Labute approximate surface area is 136 Å². The van der Waals surface area contributed by atoms with Crippen molar-refractivity contribution in [3.63, 3.8) is 0 Å². The van der Waals surface area contributed by atoms with E-state index < -0.39 is 22.0 Å². The van der Waals surface area contributed by atoms with Gasteiger partial charge in [0.1, 0.15) is 5.75 Å². The van der Waals surface area contributed by atoms with Crippen LogP contribution in [0, 0.1) is 13.8 Å². The van der Waals surface area contributed by atoms with Crippen LogP contribution < -0.4 is 9.46 Å². The highest BCUT2D eigenvalue weighted by atomic mass is 32.2. The van der Waals surface area contributed by atoms with Gasteiger partial charge in [-0.05, 0) is 50.6 Å². The van der Waals surface area contributed by atoms with Crippen LogP contribution in [0.5, 0.6) is 5.75 Å². The summed E-state index contributed by atoms with van der Waals surface area (Å²) >= 11 is 0. The van der Waals surface area contributed by atoms with Crippen molar-refractivity contribution in [3.8, 4) is 5.75 Å². The number of carbonyl (C=O) groups excluding carboxylic acids is 1. The van der Waals surface area contributed by atoms with Crippen molar-refractivity contribution in [2.45, 2.75) is 31.8 Å². The van der Waals surface area contributed by atoms with E-state index >= 15 is 0 Å². The lowest BCUT2D eigenvalue weighted by atomic mass is 10.2. The molecule has 0 aliphatic heterocycles. The highest BCUT2D eigenvalue weighted by molar-refractivity contribution is 7.90. The fourth-order valence-electron chi connectivity index (χ4n) is 1.94. The van der Waals surface area contributed by atoms with Crippen LogP contribution in [0.25, 0.3) is 0 Å². The number of benzene rings is 2. The zero-order valence-electron chi connectivity index (χ0n) is 13.2. The van der Waals surface area contributed by atoms with Crippen molar-refractivity contribution in [2.24, 2.45) is 0 Å². The van der Waals surface area contributed by atoms with Crippen LogP contribution in [0.3, 0.4) is 0 Å². The van der Waals surface area contributed by atoms with Gasteiger partial charge in [-0.15, -0.1) is 0 Å². The number of nitrogens with one attached hydrogen (secondary N) is 1. The molecular weight excluding hydrogens is 314 g/mol. The highest BCUT2D eigenvalue weighted by Crippen LogP contribution is 2.15. The standard InChI is InChI=1S/C17H19NO4S/c1-12-7-9-16(10-8-12)23(20,21)18-17(19)14(3)22-15-6-4-5-13(2)11-15/h4-11,14H,1-3H3,(H,18,19). The van der Waals surface area contributed by atoms with E-state index in [1.54, 1.807) is 30.3 Å². The SMILES string of the molecule is Cc1ccc(S(=O)(=O)NC(=O)C(C)Oc2cccc(C)c2)cc1. The third kappa shape index (κ3) is 4.56. The molecule has 0 saturated heterocycles. The third-order valence-corrected chi connectivity index (χ3v) is 4.60.